The number of hydrogen-bond acceptors (Lipinski definition) is 4. The number of carbonyl (C=O) groups excluding carboxylic acids is 1. The molecule has 2 aromatic rings. The Morgan fingerprint density at radius 3 is 2.96 bits per heavy atom. The summed E-state index contributed by atoms with van der Waals surface area (Å²) in [5.41, 5.74) is 1.19. The Morgan fingerprint density at radius 2 is 2.12 bits per heavy atom. The van der Waals surface area contributed by atoms with Gasteiger partial charge in [0, 0.05) is 12.5 Å². The molecule has 1 amide bonds. The summed E-state index contributed by atoms with van der Waals surface area (Å²) < 4.78 is 7.73. The van der Waals surface area contributed by atoms with Gasteiger partial charge in [0.1, 0.15) is 12.2 Å². The molecule has 1 aromatic carbocycles. The second-order valence-corrected chi connectivity index (χ2v) is 6.69. The number of benzene rings is 1. The second kappa shape index (κ2) is 6.73. The quantitative estimate of drug-likeness (QED) is 0.908. The zero-order valence-electron chi connectivity index (χ0n) is 13.6. The molecule has 4 rings (SSSR count). The number of carbonyl (C=O) groups is 1. The van der Waals surface area contributed by atoms with Crippen LogP contribution in [-0.2, 0) is 29.1 Å². The van der Waals surface area contributed by atoms with Crippen molar-refractivity contribution in [2.75, 3.05) is 0 Å². The van der Waals surface area contributed by atoms with Crippen molar-refractivity contribution < 1.29 is 9.53 Å². The summed E-state index contributed by atoms with van der Waals surface area (Å²) in [5.74, 6) is 1.13. The highest BCUT2D eigenvalue weighted by molar-refractivity contribution is 5.79. The van der Waals surface area contributed by atoms with E-state index >= 15 is 0 Å². The normalized spacial score (nSPS) is 25.6. The lowest BCUT2D eigenvalue weighted by Crippen LogP contribution is -2.50. The summed E-state index contributed by atoms with van der Waals surface area (Å²) >= 11 is 0. The number of rotatable bonds is 5. The number of nitrogens with one attached hydrogen (secondary N) is 1. The largest absolute Gasteiger partial charge is 0.373 e. The lowest BCUT2D eigenvalue weighted by molar-refractivity contribution is -0.129. The summed E-state index contributed by atoms with van der Waals surface area (Å²) in [7, 11) is 0. The van der Waals surface area contributed by atoms with Crippen molar-refractivity contribution in [1.82, 2.24) is 20.1 Å². The molecule has 24 heavy (non-hydrogen) atoms. The van der Waals surface area contributed by atoms with Gasteiger partial charge in [-0.3, -0.25) is 4.79 Å². The maximum atomic E-state index is 12.4. The van der Waals surface area contributed by atoms with Crippen LogP contribution in [0.15, 0.2) is 36.7 Å². The fourth-order valence-corrected chi connectivity index (χ4v) is 3.38. The highest BCUT2D eigenvalue weighted by atomic mass is 16.5. The van der Waals surface area contributed by atoms with Gasteiger partial charge in [0.2, 0.25) is 5.91 Å². The highest BCUT2D eigenvalue weighted by Gasteiger charge is 2.33. The number of fused-ring (bicyclic) bond motifs is 1. The van der Waals surface area contributed by atoms with Crippen molar-refractivity contribution in [2.45, 2.75) is 51.0 Å². The van der Waals surface area contributed by atoms with E-state index in [1.54, 1.807) is 6.33 Å². The Bertz CT molecular complexity index is 694. The Kier molecular flexibility index (Phi) is 4.30. The number of aryl methyl sites for hydroxylation is 1. The molecule has 2 heterocycles. The SMILES string of the molecule is O=C(NC1CC(OCc2ccccc2)C1)C1CCc2ncnn2C1. The molecule has 6 heteroatoms. The van der Waals surface area contributed by atoms with Gasteiger partial charge < -0.3 is 10.1 Å². The van der Waals surface area contributed by atoms with Gasteiger partial charge in [-0.15, -0.1) is 0 Å². The number of nitrogens with zero attached hydrogens (tertiary/aromatic N) is 3. The molecule has 1 aromatic heterocycles. The van der Waals surface area contributed by atoms with Gasteiger partial charge in [-0.25, -0.2) is 9.67 Å². The molecule has 0 radical (unpaired) electrons. The topological polar surface area (TPSA) is 69.0 Å². The Balaban J connectivity index is 1.19. The van der Waals surface area contributed by atoms with E-state index in [2.05, 4.69) is 27.5 Å². The first-order chi connectivity index (χ1) is 11.8. The zero-order valence-corrected chi connectivity index (χ0v) is 13.6. The average Bonchev–Trinajstić information content (AvgIpc) is 3.05. The molecule has 1 saturated carbocycles. The van der Waals surface area contributed by atoms with Crippen molar-refractivity contribution >= 4 is 5.91 Å². The van der Waals surface area contributed by atoms with Crippen molar-refractivity contribution in [1.29, 1.82) is 0 Å². The van der Waals surface area contributed by atoms with Crippen LogP contribution < -0.4 is 5.32 Å². The third-order valence-corrected chi connectivity index (χ3v) is 4.95. The van der Waals surface area contributed by atoms with E-state index in [0.29, 0.717) is 13.2 Å². The second-order valence-electron chi connectivity index (χ2n) is 6.69. The first-order valence-corrected chi connectivity index (χ1v) is 8.60. The fourth-order valence-electron chi connectivity index (χ4n) is 3.38. The summed E-state index contributed by atoms with van der Waals surface area (Å²) in [6, 6.07) is 10.4. The molecule has 1 N–H and O–H groups in total. The molecule has 126 valence electrons. The van der Waals surface area contributed by atoms with Gasteiger partial charge in [0.15, 0.2) is 0 Å². The minimum atomic E-state index is 0.00323. The minimum Gasteiger partial charge on any atom is -0.373 e. The van der Waals surface area contributed by atoms with Gasteiger partial charge in [0.05, 0.1) is 25.2 Å². The lowest BCUT2D eigenvalue weighted by Gasteiger charge is -2.36. The number of aromatic nitrogens is 3. The molecular formula is C18H22N4O2. The van der Waals surface area contributed by atoms with Crippen LogP contribution in [0, 0.1) is 5.92 Å². The zero-order chi connectivity index (χ0) is 16.4. The molecule has 2 aliphatic rings. The maximum Gasteiger partial charge on any atom is 0.225 e. The van der Waals surface area contributed by atoms with E-state index in [4.69, 9.17) is 4.74 Å². The third kappa shape index (κ3) is 3.33. The van der Waals surface area contributed by atoms with Crippen LogP contribution in [0.3, 0.4) is 0 Å². The van der Waals surface area contributed by atoms with E-state index in [1.807, 2.05) is 22.9 Å². The third-order valence-electron chi connectivity index (χ3n) is 4.95. The van der Waals surface area contributed by atoms with E-state index < -0.39 is 0 Å². The average molecular weight is 326 g/mol. The van der Waals surface area contributed by atoms with Gasteiger partial charge in [-0.1, -0.05) is 30.3 Å². The van der Waals surface area contributed by atoms with Crippen LogP contribution in [0.1, 0.15) is 30.7 Å². The predicted molar refractivity (Wildman–Crippen MR) is 88.0 cm³/mol. The van der Waals surface area contributed by atoms with E-state index in [0.717, 1.165) is 31.5 Å². The summed E-state index contributed by atoms with van der Waals surface area (Å²) in [6.07, 6.45) is 5.30. The standard InChI is InChI=1S/C18H22N4O2/c23-18(14-6-7-17-19-12-20-22(17)10-14)21-15-8-16(9-15)24-11-13-4-2-1-3-5-13/h1-5,12,14-16H,6-11H2,(H,21,23). The molecule has 0 bridgehead atoms. The molecule has 6 nitrogen and oxygen atoms in total. The molecule has 1 aliphatic carbocycles. The predicted octanol–water partition coefficient (Wildman–Crippen LogP) is 1.70. The summed E-state index contributed by atoms with van der Waals surface area (Å²) in [6.45, 7) is 1.28. The first-order valence-electron chi connectivity index (χ1n) is 8.60. The Morgan fingerprint density at radius 1 is 1.29 bits per heavy atom. The van der Waals surface area contributed by atoms with Gasteiger partial charge >= 0.3 is 0 Å². The van der Waals surface area contributed by atoms with Gasteiger partial charge in [0.25, 0.3) is 0 Å². The van der Waals surface area contributed by atoms with Crippen LogP contribution in [0.5, 0.6) is 0 Å². The molecule has 1 aliphatic heterocycles. The van der Waals surface area contributed by atoms with Gasteiger partial charge in [-0.2, -0.15) is 5.10 Å². The van der Waals surface area contributed by atoms with Crippen LogP contribution >= 0.6 is 0 Å². The van der Waals surface area contributed by atoms with Crippen LogP contribution in [-0.4, -0.2) is 32.8 Å². The van der Waals surface area contributed by atoms with Crippen LogP contribution in [0.4, 0.5) is 0 Å². The van der Waals surface area contributed by atoms with Crippen molar-refractivity contribution in [2.24, 2.45) is 5.92 Å². The molecule has 0 spiro atoms. The molecule has 1 fully saturated rings. The van der Waals surface area contributed by atoms with Crippen molar-refractivity contribution in [3.05, 3.63) is 48.0 Å². The van der Waals surface area contributed by atoms with Crippen molar-refractivity contribution in [3.8, 4) is 0 Å². The van der Waals surface area contributed by atoms with E-state index in [-0.39, 0.29) is 24.0 Å². The monoisotopic (exact) mass is 326 g/mol. The van der Waals surface area contributed by atoms with E-state index in [1.165, 1.54) is 5.56 Å². The molecule has 0 saturated heterocycles. The van der Waals surface area contributed by atoms with Crippen molar-refractivity contribution in [3.63, 3.8) is 0 Å². The lowest BCUT2D eigenvalue weighted by atomic mass is 9.88. The summed E-state index contributed by atoms with van der Waals surface area (Å²) in [4.78, 5) is 16.6. The fraction of sp³-hybridized carbons (Fsp3) is 0.500. The van der Waals surface area contributed by atoms with Gasteiger partial charge in [-0.05, 0) is 24.8 Å². The first kappa shape index (κ1) is 15.3. The molecular weight excluding hydrogens is 304 g/mol. The minimum absolute atomic E-state index is 0.00323. The van der Waals surface area contributed by atoms with Crippen LogP contribution in [0.25, 0.3) is 0 Å². The van der Waals surface area contributed by atoms with E-state index in [9.17, 15) is 4.79 Å². The van der Waals surface area contributed by atoms with Crippen LogP contribution in [0.2, 0.25) is 0 Å². The summed E-state index contributed by atoms with van der Waals surface area (Å²) in [5, 5.41) is 7.33. The maximum absolute atomic E-state index is 12.4. The molecule has 1 atom stereocenters. The Labute approximate surface area is 141 Å². The Hall–Kier alpha value is -2.21. The number of ether oxygens (including phenoxy) is 1. The highest BCUT2D eigenvalue weighted by Crippen LogP contribution is 2.26. The number of hydrogen-bond donors (Lipinski definition) is 1. The number of amides is 1. The molecule has 1 unspecified atom stereocenters. The smallest absolute Gasteiger partial charge is 0.225 e.